The van der Waals surface area contributed by atoms with Gasteiger partial charge in [-0.3, -0.25) is 9.69 Å². The first-order valence-corrected chi connectivity index (χ1v) is 8.99. The zero-order valence-corrected chi connectivity index (χ0v) is 16.0. The number of carbonyl (C=O) groups is 1. The molecule has 136 valence electrons. The second kappa shape index (κ2) is 9.82. The van der Waals surface area contributed by atoms with Crippen LogP contribution < -0.4 is 5.32 Å². The molecule has 2 fully saturated rings. The van der Waals surface area contributed by atoms with Crippen LogP contribution in [-0.2, 0) is 4.79 Å². The lowest BCUT2D eigenvalue weighted by molar-refractivity contribution is -0.132. The van der Waals surface area contributed by atoms with Crippen LogP contribution in [0.2, 0.25) is 0 Å². The first-order valence-electron chi connectivity index (χ1n) is 8.99. The molecule has 1 unspecified atom stereocenters. The minimum absolute atomic E-state index is 0. The molecule has 1 atom stereocenters. The van der Waals surface area contributed by atoms with Gasteiger partial charge in [0.05, 0.1) is 6.54 Å². The van der Waals surface area contributed by atoms with Crippen molar-refractivity contribution in [1.29, 1.82) is 0 Å². The molecular formula is C17H35ClN4O. The number of nitrogens with zero attached hydrogens (tertiary/aromatic N) is 3. The van der Waals surface area contributed by atoms with Crippen LogP contribution in [0.15, 0.2) is 0 Å². The zero-order chi connectivity index (χ0) is 16.0. The third-order valence-electron chi connectivity index (χ3n) is 5.22. The third kappa shape index (κ3) is 6.22. The standard InChI is InChI=1S/C17H34N4O.ClH/c1-4-21(5-2)16(22)13-19-9-6-10-20(12-11-19)15-17(3)7-8-18-14-17;/h18H,4-15H2,1-3H3;1H. The lowest BCUT2D eigenvalue weighted by Crippen LogP contribution is -2.42. The molecule has 2 aliphatic rings. The number of nitrogens with one attached hydrogen (secondary N) is 1. The van der Waals surface area contributed by atoms with Gasteiger partial charge in [-0.25, -0.2) is 0 Å². The van der Waals surface area contributed by atoms with Gasteiger partial charge in [0.1, 0.15) is 0 Å². The fourth-order valence-corrected chi connectivity index (χ4v) is 3.75. The second-order valence-corrected chi connectivity index (χ2v) is 7.21. The summed E-state index contributed by atoms with van der Waals surface area (Å²) in [4.78, 5) is 19.1. The molecule has 5 nitrogen and oxygen atoms in total. The molecule has 0 saturated carbocycles. The van der Waals surface area contributed by atoms with E-state index in [1.807, 2.05) is 4.90 Å². The SMILES string of the molecule is CCN(CC)C(=O)CN1CCCN(CC2(C)CCNC2)CC1.Cl. The first kappa shape index (κ1) is 20.7. The Morgan fingerprint density at radius 2 is 1.78 bits per heavy atom. The lowest BCUT2D eigenvalue weighted by atomic mass is 9.89. The minimum atomic E-state index is 0. The van der Waals surface area contributed by atoms with Crippen molar-refractivity contribution in [2.24, 2.45) is 5.41 Å². The van der Waals surface area contributed by atoms with Crippen LogP contribution in [0.5, 0.6) is 0 Å². The molecule has 2 heterocycles. The van der Waals surface area contributed by atoms with E-state index in [2.05, 4.69) is 35.9 Å². The van der Waals surface area contributed by atoms with Crippen LogP contribution in [0.4, 0.5) is 0 Å². The normalized spacial score (nSPS) is 26.6. The molecule has 2 saturated heterocycles. The molecule has 6 heteroatoms. The van der Waals surface area contributed by atoms with E-state index in [1.54, 1.807) is 0 Å². The number of hydrogen-bond donors (Lipinski definition) is 1. The van der Waals surface area contributed by atoms with Crippen molar-refractivity contribution >= 4 is 18.3 Å². The van der Waals surface area contributed by atoms with E-state index in [4.69, 9.17) is 0 Å². The highest BCUT2D eigenvalue weighted by molar-refractivity contribution is 5.85. The summed E-state index contributed by atoms with van der Waals surface area (Å²) in [7, 11) is 0. The van der Waals surface area contributed by atoms with E-state index in [9.17, 15) is 4.79 Å². The monoisotopic (exact) mass is 346 g/mol. The molecule has 0 bridgehead atoms. The molecule has 2 aliphatic heterocycles. The minimum Gasteiger partial charge on any atom is -0.342 e. The van der Waals surface area contributed by atoms with E-state index in [0.29, 0.717) is 12.0 Å². The van der Waals surface area contributed by atoms with Gasteiger partial charge in [-0.15, -0.1) is 12.4 Å². The van der Waals surface area contributed by atoms with Gasteiger partial charge in [0.2, 0.25) is 5.91 Å². The summed E-state index contributed by atoms with van der Waals surface area (Å²) in [6.07, 6.45) is 2.46. The summed E-state index contributed by atoms with van der Waals surface area (Å²) >= 11 is 0. The topological polar surface area (TPSA) is 38.8 Å². The highest BCUT2D eigenvalue weighted by atomic mass is 35.5. The number of halogens is 1. The summed E-state index contributed by atoms with van der Waals surface area (Å²) in [6, 6.07) is 0. The van der Waals surface area contributed by atoms with Crippen molar-refractivity contribution in [3.63, 3.8) is 0 Å². The number of hydrogen-bond acceptors (Lipinski definition) is 4. The number of rotatable bonds is 6. The Morgan fingerprint density at radius 3 is 2.39 bits per heavy atom. The van der Waals surface area contributed by atoms with Gasteiger partial charge in [0.25, 0.3) is 0 Å². The number of amides is 1. The molecule has 0 aliphatic carbocycles. The fourth-order valence-electron chi connectivity index (χ4n) is 3.75. The number of carbonyl (C=O) groups excluding carboxylic acids is 1. The molecule has 0 spiro atoms. The van der Waals surface area contributed by atoms with Crippen molar-refractivity contribution in [2.75, 3.05) is 65.4 Å². The van der Waals surface area contributed by atoms with Crippen LogP contribution in [0.3, 0.4) is 0 Å². The van der Waals surface area contributed by atoms with E-state index in [0.717, 1.165) is 45.8 Å². The molecular weight excluding hydrogens is 312 g/mol. The quantitative estimate of drug-likeness (QED) is 0.786. The maximum absolute atomic E-state index is 12.3. The smallest absolute Gasteiger partial charge is 0.236 e. The van der Waals surface area contributed by atoms with Gasteiger partial charge in [-0.2, -0.15) is 0 Å². The summed E-state index contributed by atoms with van der Waals surface area (Å²) in [5, 5.41) is 3.49. The van der Waals surface area contributed by atoms with E-state index >= 15 is 0 Å². The molecule has 1 N–H and O–H groups in total. The van der Waals surface area contributed by atoms with Gasteiger partial charge in [0, 0.05) is 39.3 Å². The van der Waals surface area contributed by atoms with Crippen molar-refractivity contribution in [2.45, 2.75) is 33.6 Å². The Bertz CT molecular complexity index is 357. The predicted octanol–water partition coefficient (Wildman–Crippen LogP) is 1.28. The lowest BCUT2D eigenvalue weighted by Gasteiger charge is -2.31. The number of likely N-dealkylation sites (N-methyl/N-ethyl adjacent to an activating group) is 1. The van der Waals surface area contributed by atoms with Crippen LogP contribution in [-0.4, -0.2) is 86.1 Å². The van der Waals surface area contributed by atoms with E-state index in [1.165, 1.54) is 25.9 Å². The average Bonchev–Trinajstić information content (AvgIpc) is 2.80. The largest absolute Gasteiger partial charge is 0.342 e. The molecule has 1 amide bonds. The van der Waals surface area contributed by atoms with Gasteiger partial charge in [-0.1, -0.05) is 6.92 Å². The maximum atomic E-state index is 12.3. The van der Waals surface area contributed by atoms with Gasteiger partial charge in [0.15, 0.2) is 0 Å². The average molecular weight is 347 g/mol. The Hall–Kier alpha value is -0.360. The van der Waals surface area contributed by atoms with Crippen molar-refractivity contribution in [3.05, 3.63) is 0 Å². The Morgan fingerprint density at radius 1 is 1.13 bits per heavy atom. The van der Waals surface area contributed by atoms with Crippen LogP contribution in [0.1, 0.15) is 33.6 Å². The molecule has 0 aromatic carbocycles. The molecule has 23 heavy (non-hydrogen) atoms. The van der Waals surface area contributed by atoms with Crippen molar-refractivity contribution in [1.82, 2.24) is 20.0 Å². The summed E-state index contributed by atoms with van der Waals surface area (Å²) in [6.45, 7) is 16.6. The third-order valence-corrected chi connectivity index (χ3v) is 5.22. The van der Waals surface area contributed by atoms with Gasteiger partial charge < -0.3 is 15.1 Å². The first-order chi connectivity index (χ1) is 10.6. The van der Waals surface area contributed by atoms with Crippen molar-refractivity contribution in [3.8, 4) is 0 Å². The van der Waals surface area contributed by atoms with Gasteiger partial charge >= 0.3 is 0 Å². The van der Waals surface area contributed by atoms with E-state index in [-0.39, 0.29) is 18.3 Å². The fraction of sp³-hybridized carbons (Fsp3) is 0.941. The van der Waals surface area contributed by atoms with Crippen LogP contribution >= 0.6 is 12.4 Å². The van der Waals surface area contributed by atoms with Crippen LogP contribution in [0, 0.1) is 5.41 Å². The van der Waals surface area contributed by atoms with Gasteiger partial charge in [-0.05, 0) is 51.7 Å². The highest BCUT2D eigenvalue weighted by Gasteiger charge is 2.31. The summed E-state index contributed by atoms with van der Waals surface area (Å²) in [5.41, 5.74) is 0.437. The van der Waals surface area contributed by atoms with Crippen LogP contribution in [0.25, 0.3) is 0 Å². The molecule has 0 radical (unpaired) electrons. The zero-order valence-electron chi connectivity index (χ0n) is 15.1. The van der Waals surface area contributed by atoms with E-state index < -0.39 is 0 Å². The maximum Gasteiger partial charge on any atom is 0.236 e. The Labute approximate surface area is 148 Å². The predicted molar refractivity (Wildman–Crippen MR) is 98.3 cm³/mol. The Balaban J connectivity index is 0.00000264. The summed E-state index contributed by atoms with van der Waals surface area (Å²) in [5.74, 6) is 0.283. The molecule has 2 rings (SSSR count). The van der Waals surface area contributed by atoms with Crippen molar-refractivity contribution < 1.29 is 4.79 Å². The Kier molecular flexibility index (Phi) is 8.83. The summed E-state index contributed by atoms with van der Waals surface area (Å²) < 4.78 is 0. The molecule has 0 aromatic heterocycles. The molecule has 0 aromatic rings. The second-order valence-electron chi connectivity index (χ2n) is 7.21. The highest BCUT2D eigenvalue weighted by Crippen LogP contribution is 2.26.